The van der Waals surface area contributed by atoms with E-state index in [1.54, 1.807) is 0 Å². The van der Waals surface area contributed by atoms with Crippen molar-refractivity contribution in [3.05, 3.63) is 71.4 Å². The lowest BCUT2D eigenvalue weighted by Gasteiger charge is -2.17. The van der Waals surface area contributed by atoms with Crippen LogP contribution in [0.3, 0.4) is 0 Å². The Kier molecular flexibility index (Phi) is 3.38. The molecule has 0 atom stereocenters. The number of fused-ring (bicyclic) bond motifs is 1. The monoisotopic (exact) mass is 262 g/mol. The molecule has 2 heteroatoms. The van der Waals surface area contributed by atoms with Gasteiger partial charge in [0.05, 0.1) is 17.1 Å². The summed E-state index contributed by atoms with van der Waals surface area (Å²) in [7, 11) is 4.14. The fraction of sp³-hybridized carbons (Fsp3) is 0.167. The molecule has 2 aromatic rings. The second-order valence-corrected chi connectivity index (χ2v) is 5.20. The summed E-state index contributed by atoms with van der Waals surface area (Å²) in [4.78, 5) is 6.91. The Hall–Kier alpha value is -2.35. The Balaban J connectivity index is 1.97. The normalized spacial score (nSPS) is 13.9. The molecule has 0 aromatic heterocycles. The zero-order valence-electron chi connectivity index (χ0n) is 11.9. The van der Waals surface area contributed by atoms with Crippen LogP contribution < -0.4 is 0 Å². The third-order valence-corrected chi connectivity index (χ3v) is 3.49. The maximum atomic E-state index is 4.78. The molecule has 2 nitrogen and oxygen atoms in total. The zero-order chi connectivity index (χ0) is 13.9. The minimum absolute atomic E-state index is 0.910. The number of para-hydroxylation sites is 1. The number of hydrogen-bond acceptors (Lipinski definition) is 2. The third kappa shape index (κ3) is 2.50. The van der Waals surface area contributed by atoms with Gasteiger partial charge >= 0.3 is 0 Å². The van der Waals surface area contributed by atoms with Crippen molar-refractivity contribution >= 4 is 17.5 Å². The number of nitrogens with zero attached hydrogens (tertiary/aromatic N) is 2. The van der Waals surface area contributed by atoms with Gasteiger partial charge in [0.15, 0.2) is 0 Å². The molecule has 0 amide bonds. The largest absolute Gasteiger partial charge is 0.376 e. The van der Waals surface area contributed by atoms with E-state index in [2.05, 4.69) is 67.5 Å². The van der Waals surface area contributed by atoms with Gasteiger partial charge in [-0.15, -0.1) is 0 Å². The Morgan fingerprint density at radius 2 is 1.70 bits per heavy atom. The topological polar surface area (TPSA) is 15.6 Å². The summed E-state index contributed by atoms with van der Waals surface area (Å²) < 4.78 is 0. The summed E-state index contributed by atoms with van der Waals surface area (Å²) in [6.45, 7) is 0. The van der Waals surface area contributed by atoms with Crippen LogP contribution in [0.2, 0.25) is 0 Å². The summed E-state index contributed by atoms with van der Waals surface area (Å²) in [6, 6.07) is 18.7. The van der Waals surface area contributed by atoms with Gasteiger partial charge in [0, 0.05) is 20.5 Å². The van der Waals surface area contributed by atoms with Crippen molar-refractivity contribution in [3.8, 4) is 0 Å². The summed E-state index contributed by atoms with van der Waals surface area (Å²) >= 11 is 0. The number of rotatable bonds is 3. The predicted octanol–water partition coefficient (Wildman–Crippen LogP) is 3.92. The van der Waals surface area contributed by atoms with E-state index in [0.29, 0.717) is 0 Å². The first-order valence-electron chi connectivity index (χ1n) is 6.84. The minimum Gasteiger partial charge on any atom is -0.376 e. The van der Waals surface area contributed by atoms with Crippen LogP contribution in [0.4, 0.5) is 5.69 Å². The van der Waals surface area contributed by atoms with E-state index in [9.17, 15) is 0 Å². The molecule has 0 fully saturated rings. The van der Waals surface area contributed by atoms with Crippen LogP contribution in [0, 0.1) is 0 Å². The van der Waals surface area contributed by atoms with Crippen molar-refractivity contribution < 1.29 is 0 Å². The second kappa shape index (κ2) is 5.33. The second-order valence-electron chi connectivity index (χ2n) is 5.20. The minimum atomic E-state index is 0.910. The standard InChI is InChI=1S/C18H18N2/c1-20(2)18(12-14-8-4-3-5-9-14)17-13-15-10-6-7-11-16(15)19-17/h3-12H,13H2,1-2H3. The zero-order valence-corrected chi connectivity index (χ0v) is 11.9. The van der Waals surface area contributed by atoms with Gasteiger partial charge < -0.3 is 4.90 Å². The highest BCUT2D eigenvalue weighted by molar-refractivity contribution is 6.08. The van der Waals surface area contributed by atoms with E-state index in [-0.39, 0.29) is 0 Å². The van der Waals surface area contributed by atoms with E-state index in [0.717, 1.165) is 17.8 Å². The first-order valence-corrected chi connectivity index (χ1v) is 6.84. The van der Waals surface area contributed by atoms with Crippen molar-refractivity contribution in [3.63, 3.8) is 0 Å². The van der Waals surface area contributed by atoms with Crippen LogP contribution in [0.25, 0.3) is 6.08 Å². The Morgan fingerprint density at radius 1 is 1.00 bits per heavy atom. The van der Waals surface area contributed by atoms with E-state index in [1.807, 2.05) is 12.1 Å². The van der Waals surface area contributed by atoms with Crippen molar-refractivity contribution in [1.29, 1.82) is 0 Å². The molecule has 0 bridgehead atoms. The molecule has 1 aliphatic rings. The molecule has 0 saturated heterocycles. The van der Waals surface area contributed by atoms with Crippen molar-refractivity contribution in [2.45, 2.75) is 6.42 Å². The SMILES string of the molecule is CN(C)C(=Cc1ccccc1)C1=Nc2ccccc2C1. The molecule has 0 N–H and O–H groups in total. The molecule has 2 aromatic carbocycles. The molecule has 100 valence electrons. The van der Waals surface area contributed by atoms with Crippen molar-refractivity contribution in [2.75, 3.05) is 14.1 Å². The van der Waals surface area contributed by atoms with Gasteiger partial charge in [0.25, 0.3) is 0 Å². The van der Waals surface area contributed by atoms with Gasteiger partial charge in [-0.2, -0.15) is 0 Å². The molecular formula is C18H18N2. The number of hydrogen-bond donors (Lipinski definition) is 0. The fourth-order valence-corrected chi connectivity index (χ4v) is 2.46. The predicted molar refractivity (Wildman–Crippen MR) is 85.3 cm³/mol. The van der Waals surface area contributed by atoms with Crippen molar-refractivity contribution in [2.24, 2.45) is 4.99 Å². The van der Waals surface area contributed by atoms with E-state index in [1.165, 1.54) is 16.8 Å². The van der Waals surface area contributed by atoms with E-state index in [4.69, 9.17) is 4.99 Å². The van der Waals surface area contributed by atoms with Gasteiger partial charge in [-0.25, -0.2) is 0 Å². The lowest BCUT2D eigenvalue weighted by molar-refractivity contribution is 0.542. The van der Waals surface area contributed by atoms with Crippen LogP contribution in [-0.2, 0) is 6.42 Å². The summed E-state index contributed by atoms with van der Waals surface area (Å²) in [5.74, 6) is 0. The molecule has 3 rings (SSSR count). The number of benzene rings is 2. The third-order valence-electron chi connectivity index (χ3n) is 3.49. The highest BCUT2D eigenvalue weighted by Crippen LogP contribution is 2.29. The molecular weight excluding hydrogens is 244 g/mol. The molecule has 0 spiro atoms. The highest BCUT2D eigenvalue weighted by Gasteiger charge is 2.18. The Labute approximate surface area is 120 Å². The van der Waals surface area contributed by atoms with Crippen LogP contribution in [-0.4, -0.2) is 24.7 Å². The van der Waals surface area contributed by atoms with Crippen LogP contribution in [0.5, 0.6) is 0 Å². The quantitative estimate of drug-likeness (QED) is 0.818. The number of allylic oxidation sites excluding steroid dienone is 1. The lowest BCUT2D eigenvalue weighted by Crippen LogP contribution is -2.19. The summed E-state index contributed by atoms with van der Waals surface area (Å²) in [6.07, 6.45) is 3.11. The fourth-order valence-electron chi connectivity index (χ4n) is 2.46. The van der Waals surface area contributed by atoms with Crippen LogP contribution in [0.1, 0.15) is 11.1 Å². The van der Waals surface area contributed by atoms with Crippen LogP contribution in [0.15, 0.2) is 65.3 Å². The lowest BCUT2D eigenvalue weighted by atomic mass is 10.1. The summed E-state index contributed by atoms with van der Waals surface area (Å²) in [5, 5.41) is 0. The van der Waals surface area contributed by atoms with Gasteiger partial charge in [-0.3, -0.25) is 4.99 Å². The maximum Gasteiger partial charge on any atom is 0.0688 e. The first-order chi connectivity index (χ1) is 9.74. The average Bonchev–Trinajstić information content (AvgIpc) is 2.89. The van der Waals surface area contributed by atoms with Crippen LogP contribution >= 0.6 is 0 Å². The Bertz CT molecular complexity index is 667. The molecule has 1 aliphatic heterocycles. The first kappa shape index (κ1) is 12.7. The molecule has 1 heterocycles. The van der Waals surface area contributed by atoms with E-state index >= 15 is 0 Å². The molecule has 0 unspecified atom stereocenters. The summed E-state index contributed by atoms with van der Waals surface area (Å²) in [5.41, 5.74) is 5.92. The van der Waals surface area contributed by atoms with Gasteiger partial charge in [0.2, 0.25) is 0 Å². The van der Waals surface area contributed by atoms with E-state index < -0.39 is 0 Å². The average molecular weight is 262 g/mol. The Morgan fingerprint density at radius 3 is 2.40 bits per heavy atom. The van der Waals surface area contributed by atoms with Gasteiger partial charge in [-0.1, -0.05) is 48.5 Å². The van der Waals surface area contributed by atoms with Crippen molar-refractivity contribution in [1.82, 2.24) is 4.90 Å². The molecule has 0 aliphatic carbocycles. The molecule has 20 heavy (non-hydrogen) atoms. The molecule has 0 saturated carbocycles. The maximum absolute atomic E-state index is 4.78. The highest BCUT2D eigenvalue weighted by atomic mass is 15.1. The number of aliphatic imine (C=N–C) groups is 1. The smallest absolute Gasteiger partial charge is 0.0688 e. The molecule has 0 radical (unpaired) electrons. The van der Waals surface area contributed by atoms with Gasteiger partial charge in [-0.05, 0) is 23.3 Å². The van der Waals surface area contributed by atoms with Gasteiger partial charge in [0.1, 0.15) is 0 Å².